The summed E-state index contributed by atoms with van der Waals surface area (Å²) in [6.07, 6.45) is 0. The maximum Gasteiger partial charge on any atom is 0.276 e. The molecule has 0 aliphatic carbocycles. The molecule has 0 saturated carbocycles. The van der Waals surface area contributed by atoms with E-state index in [4.69, 9.17) is 5.73 Å². The van der Waals surface area contributed by atoms with Crippen molar-refractivity contribution in [2.45, 2.75) is 6.92 Å². The molecule has 78 valence electrons. The van der Waals surface area contributed by atoms with E-state index in [1.165, 1.54) is 6.92 Å². The first-order chi connectivity index (χ1) is 7.06. The lowest BCUT2D eigenvalue weighted by atomic mass is 10.1. The highest BCUT2D eigenvalue weighted by molar-refractivity contribution is 5.52. The van der Waals surface area contributed by atoms with Gasteiger partial charge in [0, 0.05) is 11.1 Å². The van der Waals surface area contributed by atoms with E-state index in [1.807, 2.05) is 0 Å². The summed E-state index contributed by atoms with van der Waals surface area (Å²) < 4.78 is 13.0. The van der Waals surface area contributed by atoms with Gasteiger partial charge in [-0.25, -0.2) is 4.39 Å². The molecule has 0 heterocycles. The van der Waals surface area contributed by atoms with E-state index in [9.17, 15) is 14.5 Å². The van der Waals surface area contributed by atoms with Gasteiger partial charge in [-0.15, -0.1) is 0 Å². The van der Waals surface area contributed by atoms with E-state index in [0.717, 1.165) is 12.1 Å². The fourth-order valence-electron chi connectivity index (χ4n) is 1.13. The van der Waals surface area contributed by atoms with Crippen molar-refractivity contribution in [3.8, 4) is 11.8 Å². The third-order valence-electron chi connectivity index (χ3n) is 1.87. The maximum absolute atomic E-state index is 13.0. The Morgan fingerprint density at radius 3 is 2.80 bits per heavy atom. The molecule has 0 saturated heterocycles. The van der Waals surface area contributed by atoms with Gasteiger partial charge in [-0.2, -0.15) is 0 Å². The van der Waals surface area contributed by atoms with E-state index >= 15 is 0 Å². The number of benzene rings is 1. The smallest absolute Gasteiger partial charge is 0.276 e. The van der Waals surface area contributed by atoms with E-state index in [-0.39, 0.29) is 12.2 Å². The van der Waals surface area contributed by atoms with Gasteiger partial charge in [-0.05, 0) is 13.0 Å². The van der Waals surface area contributed by atoms with Crippen LogP contribution in [0.2, 0.25) is 0 Å². The Balaban J connectivity index is 3.34. The summed E-state index contributed by atoms with van der Waals surface area (Å²) in [5, 5.41) is 10.6. The number of nitro benzene ring substituents is 1. The standard InChI is InChI=1S/C10H9FN2O2/c1-7-8(3-2-4-12)5-9(11)6-10(7)13(14)15/h5-6H,4,12H2,1H3. The lowest BCUT2D eigenvalue weighted by Gasteiger charge is -2.00. The van der Waals surface area contributed by atoms with Crippen LogP contribution in [-0.2, 0) is 0 Å². The van der Waals surface area contributed by atoms with Gasteiger partial charge >= 0.3 is 0 Å². The van der Waals surface area contributed by atoms with Crippen LogP contribution >= 0.6 is 0 Å². The number of hydrogen-bond acceptors (Lipinski definition) is 3. The number of nitrogens with zero attached hydrogens (tertiary/aromatic N) is 1. The second-order valence-electron chi connectivity index (χ2n) is 2.86. The molecule has 0 aromatic heterocycles. The first kappa shape index (κ1) is 11.1. The quantitative estimate of drug-likeness (QED) is 0.430. The summed E-state index contributed by atoms with van der Waals surface area (Å²) in [5.74, 6) is 4.44. The van der Waals surface area contributed by atoms with Crippen LogP contribution in [0.1, 0.15) is 11.1 Å². The number of halogens is 1. The SMILES string of the molecule is Cc1c(C#CCN)cc(F)cc1[N+](=O)[O-]. The summed E-state index contributed by atoms with van der Waals surface area (Å²) >= 11 is 0. The molecule has 0 amide bonds. The molecule has 0 fully saturated rings. The second-order valence-corrected chi connectivity index (χ2v) is 2.86. The van der Waals surface area contributed by atoms with Gasteiger partial charge in [0.1, 0.15) is 5.82 Å². The zero-order valence-electron chi connectivity index (χ0n) is 8.08. The van der Waals surface area contributed by atoms with Crippen molar-refractivity contribution in [1.82, 2.24) is 0 Å². The van der Waals surface area contributed by atoms with E-state index in [0.29, 0.717) is 11.1 Å². The molecule has 15 heavy (non-hydrogen) atoms. The molecule has 5 heteroatoms. The molecule has 4 nitrogen and oxygen atoms in total. The largest absolute Gasteiger partial charge is 0.320 e. The number of nitrogens with two attached hydrogens (primary N) is 1. The number of nitro groups is 1. The van der Waals surface area contributed by atoms with Crippen molar-refractivity contribution in [2.75, 3.05) is 6.54 Å². The van der Waals surface area contributed by atoms with Crippen molar-refractivity contribution in [3.05, 3.63) is 39.2 Å². The number of rotatable bonds is 1. The zero-order valence-corrected chi connectivity index (χ0v) is 8.08. The Hall–Kier alpha value is -1.93. The lowest BCUT2D eigenvalue weighted by molar-refractivity contribution is -0.385. The predicted molar refractivity (Wildman–Crippen MR) is 53.7 cm³/mol. The van der Waals surface area contributed by atoms with Crippen LogP contribution in [-0.4, -0.2) is 11.5 Å². The molecule has 0 atom stereocenters. The Bertz CT molecular complexity index is 460. The van der Waals surface area contributed by atoms with Gasteiger partial charge < -0.3 is 5.73 Å². The Morgan fingerprint density at radius 2 is 2.27 bits per heavy atom. The highest BCUT2D eigenvalue weighted by atomic mass is 19.1. The minimum Gasteiger partial charge on any atom is -0.320 e. The summed E-state index contributed by atoms with van der Waals surface area (Å²) in [4.78, 5) is 9.93. The van der Waals surface area contributed by atoms with Crippen LogP contribution in [0.3, 0.4) is 0 Å². The van der Waals surface area contributed by atoms with Gasteiger partial charge in [0.2, 0.25) is 0 Å². The summed E-state index contributed by atoms with van der Waals surface area (Å²) in [5.41, 5.74) is 5.54. The van der Waals surface area contributed by atoms with Gasteiger partial charge in [0.05, 0.1) is 17.5 Å². The molecule has 1 rings (SSSR count). The van der Waals surface area contributed by atoms with E-state index in [1.54, 1.807) is 0 Å². The number of hydrogen-bond donors (Lipinski definition) is 1. The highest BCUT2D eigenvalue weighted by Gasteiger charge is 2.14. The van der Waals surface area contributed by atoms with Gasteiger partial charge in [0.25, 0.3) is 5.69 Å². The molecule has 1 aromatic carbocycles. The average Bonchev–Trinajstić information content (AvgIpc) is 2.18. The molecule has 0 unspecified atom stereocenters. The van der Waals surface area contributed by atoms with Crippen molar-refractivity contribution in [3.63, 3.8) is 0 Å². The van der Waals surface area contributed by atoms with Crippen LogP contribution in [0, 0.1) is 34.7 Å². The van der Waals surface area contributed by atoms with Crippen molar-refractivity contribution >= 4 is 5.69 Å². The average molecular weight is 208 g/mol. The van der Waals surface area contributed by atoms with Crippen molar-refractivity contribution < 1.29 is 9.31 Å². The van der Waals surface area contributed by atoms with Gasteiger partial charge in [0.15, 0.2) is 0 Å². The normalized spacial score (nSPS) is 9.27. The van der Waals surface area contributed by atoms with Gasteiger partial charge in [-0.3, -0.25) is 10.1 Å². The van der Waals surface area contributed by atoms with Crippen molar-refractivity contribution in [2.24, 2.45) is 5.73 Å². The van der Waals surface area contributed by atoms with E-state index < -0.39 is 10.7 Å². The van der Waals surface area contributed by atoms with Crippen LogP contribution in [0.25, 0.3) is 0 Å². The topological polar surface area (TPSA) is 69.2 Å². The van der Waals surface area contributed by atoms with Crippen LogP contribution in [0.15, 0.2) is 12.1 Å². The molecule has 0 aliphatic heterocycles. The highest BCUT2D eigenvalue weighted by Crippen LogP contribution is 2.22. The predicted octanol–water partition coefficient (Wildman–Crippen LogP) is 1.35. The minimum absolute atomic E-state index is 0.129. The lowest BCUT2D eigenvalue weighted by Crippen LogP contribution is -1.97. The summed E-state index contributed by atoms with van der Waals surface area (Å²) in [7, 11) is 0. The molecule has 0 spiro atoms. The van der Waals surface area contributed by atoms with Crippen LogP contribution in [0.5, 0.6) is 0 Å². The fraction of sp³-hybridized carbons (Fsp3) is 0.200. The molecule has 2 N–H and O–H groups in total. The van der Waals surface area contributed by atoms with E-state index in [2.05, 4.69) is 11.8 Å². The fourth-order valence-corrected chi connectivity index (χ4v) is 1.13. The maximum atomic E-state index is 13.0. The van der Waals surface area contributed by atoms with Crippen molar-refractivity contribution in [1.29, 1.82) is 0 Å². The molecule has 0 bridgehead atoms. The molecular formula is C10H9FN2O2. The third-order valence-corrected chi connectivity index (χ3v) is 1.87. The zero-order chi connectivity index (χ0) is 11.4. The monoisotopic (exact) mass is 208 g/mol. The van der Waals surface area contributed by atoms with Crippen LogP contribution in [0.4, 0.5) is 10.1 Å². The minimum atomic E-state index is -0.673. The Kier molecular flexibility index (Phi) is 3.37. The third kappa shape index (κ3) is 2.51. The first-order valence-corrected chi connectivity index (χ1v) is 4.19. The molecular weight excluding hydrogens is 199 g/mol. The second kappa shape index (κ2) is 4.53. The molecule has 1 aromatic rings. The van der Waals surface area contributed by atoms with Crippen LogP contribution < -0.4 is 5.73 Å². The van der Waals surface area contributed by atoms with Gasteiger partial charge in [-0.1, -0.05) is 11.8 Å². The molecule has 0 radical (unpaired) electrons. The Labute approximate surface area is 86.0 Å². The first-order valence-electron chi connectivity index (χ1n) is 4.19. The summed E-state index contributed by atoms with van der Waals surface area (Å²) in [6.45, 7) is 1.65. The summed E-state index contributed by atoms with van der Waals surface area (Å²) in [6, 6.07) is 2.04. The molecule has 0 aliphatic rings. The Morgan fingerprint density at radius 1 is 1.60 bits per heavy atom.